The fraction of sp³-hybridized carbons (Fsp3) is 0.579. The summed E-state index contributed by atoms with van der Waals surface area (Å²) >= 11 is 0. The number of carbonyl (C=O) groups excluding carboxylic acids is 2. The van der Waals surface area contributed by atoms with Crippen molar-refractivity contribution < 1.29 is 27.8 Å². The summed E-state index contributed by atoms with van der Waals surface area (Å²) in [6.07, 6.45) is -1.44. The summed E-state index contributed by atoms with van der Waals surface area (Å²) in [5.41, 5.74) is 0.0662. The first-order valence-corrected chi connectivity index (χ1v) is 8.87. The Morgan fingerprint density at radius 1 is 1.26 bits per heavy atom. The second kappa shape index (κ2) is 8.54. The number of halogens is 2. The third-order valence-electron chi connectivity index (χ3n) is 4.10. The molecule has 6 nitrogen and oxygen atoms in total. The minimum atomic E-state index is -3.12. The fourth-order valence-corrected chi connectivity index (χ4v) is 2.70. The van der Waals surface area contributed by atoms with Gasteiger partial charge in [0.15, 0.2) is 0 Å². The van der Waals surface area contributed by atoms with Crippen LogP contribution in [0.2, 0.25) is 0 Å². The van der Waals surface area contributed by atoms with E-state index in [1.165, 1.54) is 0 Å². The number of likely N-dealkylation sites (tertiary alicyclic amines) is 1. The number of benzene rings is 1. The van der Waals surface area contributed by atoms with Crippen molar-refractivity contribution in [1.29, 1.82) is 0 Å². The van der Waals surface area contributed by atoms with Crippen LogP contribution in [0.5, 0.6) is 0 Å². The van der Waals surface area contributed by atoms with Crippen molar-refractivity contribution in [2.75, 3.05) is 19.6 Å². The number of ether oxygens (including phenoxy) is 2. The molecule has 1 aromatic rings. The molecule has 1 heterocycles. The normalized spacial score (nSPS) is 19.3. The van der Waals surface area contributed by atoms with Crippen LogP contribution in [0.1, 0.15) is 32.8 Å². The summed E-state index contributed by atoms with van der Waals surface area (Å²) in [6.45, 7) is 4.31. The number of nitrogens with zero attached hydrogens (tertiary/aromatic N) is 1. The van der Waals surface area contributed by atoms with Gasteiger partial charge in [-0.25, -0.2) is 18.4 Å². The molecule has 1 aliphatic heterocycles. The first-order valence-electron chi connectivity index (χ1n) is 8.87. The van der Waals surface area contributed by atoms with E-state index in [0.29, 0.717) is 0 Å². The molecule has 0 aromatic heterocycles. The topological polar surface area (TPSA) is 67.9 Å². The van der Waals surface area contributed by atoms with Crippen LogP contribution < -0.4 is 5.32 Å². The average Bonchev–Trinajstić information content (AvgIpc) is 2.57. The molecule has 27 heavy (non-hydrogen) atoms. The van der Waals surface area contributed by atoms with E-state index in [4.69, 9.17) is 9.47 Å². The zero-order chi connectivity index (χ0) is 20.1. The molecule has 8 heteroatoms. The highest BCUT2D eigenvalue weighted by Crippen LogP contribution is 2.33. The number of alkyl carbamates (subject to hydrolysis) is 1. The molecule has 0 bridgehead atoms. The van der Waals surface area contributed by atoms with E-state index in [1.807, 2.05) is 18.2 Å². The molecule has 1 saturated heterocycles. The van der Waals surface area contributed by atoms with Gasteiger partial charge in [0.1, 0.15) is 12.2 Å². The Labute approximate surface area is 157 Å². The Bertz CT molecular complexity index is 647. The van der Waals surface area contributed by atoms with Crippen LogP contribution in [0.15, 0.2) is 30.3 Å². The van der Waals surface area contributed by atoms with Crippen molar-refractivity contribution in [3.63, 3.8) is 0 Å². The fourth-order valence-electron chi connectivity index (χ4n) is 2.70. The average molecular weight is 384 g/mol. The minimum absolute atomic E-state index is 0.0607. The number of alkyl halides is 2. The first kappa shape index (κ1) is 20.9. The largest absolute Gasteiger partial charge is 0.445 e. The number of hydrogen-bond acceptors (Lipinski definition) is 4. The van der Waals surface area contributed by atoms with Crippen LogP contribution in [0, 0.1) is 5.92 Å². The highest BCUT2D eigenvalue weighted by molar-refractivity contribution is 5.68. The van der Waals surface area contributed by atoms with E-state index in [0.717, 1.165) is 10.5 Å². The van der Waals surface area contributed by atoms with Crippen molar-refractivity contribution in [1.82, 2.24) is 10.2 Å². The lowest BCUT2D eigenvalue weighted by Crippen LogP contribution is -2.54. The van der Waals surface area contributed by atoms with Crippen LogP contribution in [0.4, 0.5) is 18.4 Å². The van der Waals surface area contributed by atoms with Crippen LogP contribution in [0.3, 0.4) is 0 Å². The number of hydrogen-bond donors (Lipinski definition) is 1. The second-order valence-corrected chi connectivity index (χ2v) is 7.59. The van der Waals surface area contributed by atoms with Gasteiger partial charge < -0.3 is 19.7 Å². The molecule has 2 amide bonds. The van der Waals surface area contributed by atoms with E-state index in [2.05, 4.69) is 5.32 Å². The molecule has 0 aliphatic carbocycles. The summed E-state index contributed by atoms with van der Waals surface area (Å²) in [5.74, 6) is -4.19. The molecule has 0 unspecified atom stereocenters. The molecule has 0 radical (unpaired) electrons. The maximum Gasteiger partial charge on any atom is 0.410 e. The number of nitrogens with one attached hydrogen (secondary N) is 1. The first-order chi connectivity index (χ1) is 12.6. The van der Waals surface area contributed by atoms with Crippen molar-refractivity contribution >= 4 is 12.2 Å². The quantitative estimate of drug-likeness (QED) is 0.857. The van der Waals surface area contributed by atoms with E-state index in [9.17, 15) is 18.4 Å². The maximum atomic E-state index is 14.4. The van der Waals surface area contributed by atoms with E-state index in [-0.39, 0.29) is 26.1 Å². The maximum absolute atomic E-state index is 14.4. The monoisotopic (exact) mass is 384 g/mol. The highest BCUT2D eigenvalue weighted by Gasteiger charge is 2.46. The van der Waals surface area contributed by atoms with Crippen LogP contribution in [0.25, 0.3) is 0 Å². The van der Waals surface area contributed by atoms with Gasteiger partial charge in [0.25, 0.3) is 5.92 Å². The summed E-state index contributed by atoms with van der Waals surface area (Å²) in [4.78, 5) is 24.7. The molecule has 1 atom stereocenters. The van der Waals surface area contributed by atoms with Gasteiger partial charge in [-0.2, -0.15) is 0 Å². The summed E-state index contributed by atoms with van der Waals surface area (Å²) < 4.78 is 38.9. The van der Waals surface area contributed by atoms with E-state index in [1.54, 1.807) is 32.9 Å². The predicted molar refractivity (Wildman–Crippen MR) is 95.5 cm³/mol. The molecule has 0 saturated carbocycles. The van der Waals surface area contributed by atoms with Crippen LogP contribution in [-0.4, -0.2) is 48.2 Å². The van der Waals surface area contributed by atoms with Crippen molar-refractivity contribution in [2.24, 2.45) is 5.92 Å². The Hall–Kier alpha value is -2.38. The highest BCUT2D eigenvalue weighted by atomic mass is 19.3. The van der Waals surface area contributed by atoms with Gasteiger partial charge in [0, 0.05) is 19.0 Å². The Morgan fingerprint density at radius 2 is 1.93 bits per heavy atom. The van der Waals surface area contributed by atoms with Gasteiger partial charge in [0.2, 0.25) is 0 Å². The van der Waals surface area contributed by atoms with Crippen LogP contribution in [-0.2, 0) is 16.1 Å². The SMILES string of the molecule is CC(C)(C)OC(=O)N1CC[C@@H](CNC(=O)OCc2ccccc2)C(F)(F)C1. The molecular weight excluding hydrogens is 358 g/mol. The van der Waals surface area contributed by atoms with Gasteiger partial charge in [-0.15, -0.1) is 0 Å². The second-order valence-electron chi connectivity index (χ2n) is 7.59. The van der Waals surface area contributed by atoms with Crippen molar-refractivity contribution in [2.45, 2.75) is 45.3 Å². The smallest absolute Gasteiger partial charge is 0.410 e. The predicted octanol–water partition coefficient (Wildman–Crippen LogP) is 3.81. The number of carbonyl (C=O) groups is 2. The zero-order valence-electron chi connectivity index (χ0n) is 15.8. The van der Waals surface area contributed by atoms with E-state index >= 15 is 0 Å². The summed E-state index contributed by atoms with van der Waals surface area (Å²) in [7, 11) is 0. The van der Waals surface area contributed by atoms with Crippen LogP contribution >= 0.6 is 0 Å². The molecular formula is C19H26F2N2O4. The van der Waals surface area contributed by atoms with Gasteiger partial charge in [-0.05, 0) is 32.8 Å². The van der Waals surface area contributed by atoms with E-state index < -0.39 is 36.2 Å². The molecule has 1 N–H and O–H groups in total. The minimum Gasteiger partial charge on any atom is -0.445 e. The lowest BCUT2D eigenvalue weighted by molar-refractivity contribution is -0.108. The lowest BCUT2D eigenvalue weighted by atomic mass is 9.93. The summed E-state index contributed by atoms with van der Waals surface area (Å²) in [5, 5.41) is 2.38. The molecule has 150 valence electrons. The summed E-state index contributed by atoms with van der Waals surface area (Å²) in [6, 6.07) is 9.07. The number of amides is 2. The zero-order valence-corrected chi connectivity index (χ0v) is 15.8. The Morgan fingerprint density at radius 3 is 2.52 bits per heavy atom. The Kier molecular flexibility index (Phi) is 6.62. The van der Waals surface area contributed by atoms with Gasteiger partial charge >= 0.3 is 12.2 Å². The Balaban J connectivity index is 1.79. The van der Waals surface area contributed by atoms with Gasteiger partial charge in [-0.3, -0.25) is 0 Å². The standard InChI is InChI=1S/C19H26F2N2O4/c1-18(2,3)27-17(25)23-10-9-15(19(20,21)13-23)11-22-16(24)26-12-14-7-5-4-6-8-14/h4-8,15H,9-13H2,1-3H3,(H,22,24)/t15-/m0/s1. The third kappa shape index (κ3) is 6.69. The number of piperidine rings is 1. The van der Waals surface area contributed by atoms with Gasteiger partial charge in [0.05, 0.1) is 6.54 Å². The molecule has 0 spiro atoms. The molecule has 1 aromatic carbocycles. The van der Waals surface area contributed by atoms with Crippen molar-refractivity contribution in [3.05, 3.63) is 35.9 Å². The third-order valence-corrected chi connectivity index (χ3v) is 4.10. The molecule has 2 rings (SSSR count). The van der Waals surface area contributed by atoms with Crippen molar-refractivity contribution in [3.8, 4) is 0 Å². The number of rotatable bonds is 4. The molecule has 1 aliphatic rings. The van der Waals surface area contributed by atoms with Gasteiger partial charge in [-0.1, -0.05) is 30.3 Å². The lowest BCUT2D eigenvalue weighted by Gasteiger charge is -2.38. The molecule has 1 fully saturated rings.